The molecule has 21 heavy (non-hydrogen) atoms. The Balaban J connectivity index is 0.000000154. The van der Waals surface area contributed by atoms with E-state index in [1.54, 1.807) is 0 Å². The second-order valence-electron chi connectivity index (χ2n) is 5.53. The molecule has 3 rings (SSSR count). The summed E-state index contributed by atoms with van der Waals surface area (Å²) in [5.41, 5.74) is 9.43. The third kappa shape index (κ3) is 3.99. The summed E-state index contributed by atoms with van der Waals surface area (Å²) in [7, 11) is 0. The fraction of sp³-hybridized carbons (Fsp3) is 0.333. The van der Waals surface area contributed by atoms with E-state index in [4.69, 9.17) is 17.3 Å². The fourth-order valence-electron chi connectivity index (χ4n) is 2.46. The molecule has 2 aromatic carbocycles. The molecule has 0 saturated heterocycles. The summed E-state index contributed by atoms with van der Waals surface area (Å²) in [6, 6.07) is 16.3. The van der Waals surface area contributed by atoms with Crippen LogP contribution in [0.3, 0.4) is 0 Å². The van der Waals surface area contributed by atoms with E-state index >= 15 is 0 Å². The Morgan fingerprint density at radius 2 is 1.86 bits per heavy atom. The summed E-state index contributed by atoms with van der Waals surface area (Å²) in [5.74, 6) is 1.04. The van der Waals surface area contributed by atoms with Gasteiger partial charge in [-0.3, -0.25) is 0 Å². The van der Waals surface area contributed by atoms with Crippen LogP contribution >= 0.6 is 11.6 Å². The van der Waals surface area contributed by atoms with Gasteiger partial charge in [0.15, 0.2) is 0 Å². The lowest BCUT2D eigenvalue weighted by molar-refractivity contribution is 0.774. The zero-order chi connectivity index (χ0) is 15.2. The van der Waals surface area contributed by atoms with Gasteiger partial charge >= 0.3 is 0 Å². The summed E-state index contributed by atoms with van der Waals surface area (Å²) < 4.78 is 0. The average Bonchev–Trinajstić information content (AvgIpc) is 2.90. The highest BCUT2D eigenvalue weighted by molar-refractivity contribution is 6.31. The number of benzene rings is 2. The number of fused-ring (bicyclic) bond motifs is 1. The minimum Gasteiger partial charge on any atom is -0.384 e. The highest BCUT2D eigenvalue weighted by Gasteiger charge is 2.15. The van der Waals surface area contributed by atoms with E-state index in [0.717, 1.165) is 17.1 Å². The van der Waals surface area contributed by atoms with Crippen LogP contribution < -0.4 is 11.1 Å². The maximum atomic E-state index is 5.94. The first-order valence-electron chi connectivity index (χ1n) is 7.40. The Kier molecular flexibility index (Phi) is 5.66. The van der Waals surface area contributed by atoms with Gasteiger partial charge in [0.2, 0.25) is 0 Å². The van der Waals surface area contributed by atoms with Gasteiger partial charge in [-0.15, -0.1) is 0 Å². The van der Waals surface area contributed by atoms with E-state index in [9.17, 15) is 0 Å². The van der Waals surface area contributed by atoms with Crippen molar-refractivity contribution in [3.05, 3.63) is 64.7 Å². The van der Waals surface area contributed by atoms with Gasteiger partial charge in [-0.25, -0.2) is 0 Å². The molecular formula is C18H23ClN2. The Labute approximate surface area is 132 Å². The van der Waals surface area contributed by atoms with Crippen molar-refractivity contribution in [3.8, 4) is 0 Å². The molecule has 1 aliphatic heterocycles. The van der Waals surface area contributed by atoms with E-state index in [-0.39, 0.29) is 0 Å². The Bertz CT molecular complexity index is 583. The van der Waals surface area contributed by atoms with Crippen LogP contribution in [0.25, 0.3) is 0 Å². The highest BCUT2D eigenvalue weighted by atomic mass is 35.5. The zero-order valence-corrected chi connectivity index (χ0v) is 13.4. The van der Waals surface area contributed by atoms with Crippen LogP contribution in [0.4, 0.5) is 5.69 Å². The molecule has 1 aliphatic rings. The number of rotatable bonds is 2. The minimum atomic E-state index is 0.351. The summed E-state index contributed by atoms with van der Waals surface area (Å²) in [4.78, 5) is 0. The quantitative estimate of drug-likeness (QED) is 0.849. The second-order valence-corrected chi connectivity index (χ2v) is 5.93. The fourth-order valence-corrected chi connectivity index (χ4v) is 2.78. The van der Waals surface area contributed by atoms with Crippen molar-refractivity contribution in [2.75, 3.05) is 18.4 Å². The Hall–Kier alpha value is -1.51. The lowest BCUT2D eigenvalue weighted by Gasteiger charge is -2.09. The lowest BCUT2D eigenvalue weighted by atomic mass is 10.0. The first kappa shape index (κ1) is 15.9. The number of hydrogen-bond acceptors (Lipinski definition) is 2. The van der Waals surface area contributed by atoms with Crippen LogP contribution in [0.15, 0.2) is 48.5 Å². The third-order valence-corrected chi connectivity index (χ3v) is 4.22. The van der Waals surface area contributed by atoms with Crippen LogP contribution in [-0.2, 0) is 0 Å². The van der Waals surface area contributed by atoms with Crippen molar-refractivity contribution >= 4 is 17.3 Å². The monoisotopic (exact) mass is 302 g/mol. The van der Waals surface area contributed by atoms with Gasteiger partial charge in [-0.1, -0.05) is 61.8 Å². The van der Waals surface area contributed by atoms with Gasteiger partial charge in [0, 0.05) is 23.2 Å². The van der Waals surface area contributed by atoms with Gasteiger partial charge in [-0.2, -0.15) is 0 Å². The summed E-state index contributed by atoms with van der Waals surface area (Å²) in [6.07, 6.45) is 0. The van der Waals surface area contributed by atoms with Crippen LogP contribution in [0.2, 0.25) is 5.02 Å². The van der Waals surface area contributed by atoms with Crippen LogP contribution in [0.5, 0.6) is 0 Å². The summed E-state index contributed by atoms with van der Waals surface area (Å²) in [5, 5.41) is 4.16. The van der Waals surface area contributed by atoms with E-state index in [2.05, 4.69) is 43.4 Å². The molecule has 0 aliphatic carbocycles. The summed E-state index contributed by atoms with van der Waals surface area (Å²) >= 11 is 5.94. The summed E-state index contributed by atoms with van der Waals surface area (Å²) in [6.45, 7) is 6.06. The van der Waals surface area contributed by atoms with Crippen molar-refractivity contribution in [1.82, 2.24) is 0 Å². The molecule has 2 atom stereocenters. The molecular weight excluding hydrogens is 280 g/mol. The molecule has 0 saturated carbocycles. The van der Waals surface area contributed by atoms with Crippen molar-refractivity contribution in [1.29, 1.82) is 0 Å². The largest absolute Gasteiger partial charge is 0.384 e. The number of nitrogens with one attached hydrogen (secondary N) is 1. The van der Waals surface area contributed by atoms with Gasteiger partial charge in [0.1, 0.15) is 0 Å². The van der Waals surface area contributed by atoms with Crippen molar-refractivity contribution < 1.29 is 0 Å². The minimum absolute atomic E-state index is 0.351. The molecule has 0 radical (unpaired) electrons. The van der Waals surface area contributed by atoms with Crippen molar-refractivity contribution in [2.24, 2.45) is 5.73 Å². The van der Waals surface area contributed by atoms with Crippen LogP contribution in [0, 0.1) is 0 Å². The van der Waals surface area contributed by atoms with Gasteiger partial charge < -0.3 is 11.1 Å². The van der Waals surface area contributed by atoms with E-state index in [1.165, 1.54) is 11.3 Å². The maximum absolute atomic E-state index is 5.94. The van der Waals surface area contributed by atoms with Crippen molar-refractivity contribution in [2.45, 2.75) is 25.7 Å². The average molecular weight is 303 g/mol. The van der Waals surface area contributed by atoms with Gasteiger partial charge in [-0.05, 0) is 35.7 Å². The molecule has 2 nitrogen and oxygen atoms in total. The van der Waals surface area contributed by atoms with Crippen molar-refractivity contribution in [3.63, 3.8) is 0 Å². The molecule has 2 aromatic rings. The molecule has 2 unspecified atom stereocenters. The molecule has 0 spiro atoms. The number of anilines is 1. The van der Waals surface area contributed by atoms with E-state index in [1.807, 2.05) is 24.3 Å². The lowest BCUT2D eigenvalue weighted by Crippen LogP contribution is -2.08. The number of halogens is 1. The third-order valence-electron chi connectivity index (χ3n) is 3.88. The predicted octanol–water partition coefficient (Wildman–Crippen LogP) is 4.62. The first-order chi connectivity index (χ1) is 10.1. The molecule has 1 heterocycles. The van der Waals surface area contributed by atoms with Crippen LogP contribution in [0.1, 0.15) is 36.8 Å². The topological polar surface area (TPSA) is 38.0 Å². The first-order valence-corrected chi connectivity index (χ1v) is 7.78. The smallest absolute Gasteiger partial charge is 0.0441 e. The van der Waals surface area contributed by atoms with Gasteiger partial charge in [0.05, 0.1) is 0 Å². The molecule has 0 amide bonds. The van der Waals surface area contributed by atoms with Gasteiger partial charge in [0.25, 0.3) is 0 Å². The van der Waals surface area contributed by atoms with Crippen LogP contribution in [-0.4, -0.2) is 13.1 Å². The molecule has 3 N–H and O–H groups in total. The molecule has 0 aromatic heterocycles. The highest BCUT2D eigenvalue weighted by Crippen LogP contribution is 2.29. The predicted molar refractivity (Wildman–Crippen MR) is 92.3 cm³/mol. The SMILES string of the molecule is CC(CN)c1ccccc1Cl.CC1CNc2ccccc21. The number of nitrogens with two attached hydrogens (primary N) is 1. The Morgan fingerprint density at radius 1 is 1.19 bits per heavy atom. The standard InChI is InChI=1S/C9H12ClN.C9H11N/c1-7(6-11)8-4-2-3-5-9(8)10;1-7-6-10-9-5-3-2-4-8(7)9/h2-5,7H,6,11H2,1H3;2-5,7,10H,6H2,1H3. The molecule has 3 heteroatoms. The van der Waals surface area contributed by atoms with E-state index in [0.29, 0.717) is 18.4 Å². The molecule has 112 valence electrons. The van der Waals surface area contributed by atoms with E-state index < -0.39 is 0 Å². The second kappa shape index (κ2) is 7.48. The normalized spacial score (nSPS) is 17.2. The maximum Gasteiger partial charge on any atom is 0.0441 e. The Morgan fingerprint density at radius 3 is 2.52 bits per heavy atom. The zero-order valence-electron chi connectivity index (χ0n) is 12.6. The number of hydrogen-bond donors (Lipinski definition) is 2. The molecule has 0 bridgehead atoms. The number of para-hydroxylation sites is 1. The molecule has 0 fully saturated rings.